The molecule has 0 bridgehead atoms. The second-order valence-electron chi connectivity index (χ2n) is 4.53. The molecule has 14 heavy (non-hydrogen) atoms. The molecule has 76 valence electrons. The van der Waals surface area contributed by atoms with Crippen LogP contribution in [0.2, 0.25) is 0 Å². The minimum absolute atomic E-state index is 0.392. The molecular formula is C13H18O. The number of hydrogen-bond donors (Lipinski definition) is 1. The average molecular weight is 190 g/mol. The van der Waals surface area contributed by atoms with Gasteiger partial charge in [-0.1, -0.05) is 31.2 Å². The fourth-order valence-corrected chi connectivity index (χ4v) is 2.62. The summed E-state index contributed by atoms with van der Waals surface area (Å²) in [7, 11) is 0. The summed E-state index contributed by atoms with van der Waals surface area (Å²) in [5.74, 6) is 0.392. The van der Waals surface area contributed by atoms with Crippen molar-refractivity contribution in [2.75, 3.05) is 0 Å². The van der Waals surface area contributed by atoms with E-state index < -0.39 is 5.60 Å². The van der Waals surface area contributed by atoms with Gasteiger partial charge < -0.3 is 5.11 Å². The Kier molecular flexibility index (Phi) is 2.36. The second kappa shape index (κ2) is 3.39. The Labute approximate surface area is 85.8 Å². The summed E-state index contributed by atoms with van der Waals surface area (Å²) < 4.78 is 0. The minimum Gasteiger partial charge on any atom is -0.385 e. The molecule has 0 spiro atoms. The fourth-order valence-electron chi connectivity index (χ4n) is 2.62. The molecule has 1 aromatic rings. The van der Waals surface area contributed by atoms with Crippen LogP contribution in [0.15, 0.2) is 24.3 Å². The largest absolute Gasteiger partial charge is 0.385 e. The maximum atomic E-state index is 10.6. The van der Waals surface area contributed by atoms with Gasteiger partial charge in [0, 0.05) is 0 Å². The van der Waals surface area contributed by atoms with Gasteiger partial charge in [0.25, 0.3) is 0 Å². The van der Waals surface area contributed by atoms with Crippen LogP contribution in [0, 0.1) is 12.8 Å². The van der Waals surface area contributed by atoms with Crippen LogP contribution in [0.5, 0.6) is 0 Å². The molecule has 1 N–H and O–H groups in total. The Hall–Kier alpha value is -0.820. The third-order valence-corrected chi connectivity index (χ3v) is 3.62. The number of hydrogen-bond acceptors (Lipinski definition) is 1. The first-order chi connectivity index (χ1) is 6.64. The number of aryl methyl sites for hydroxylation is 1. The summed E-state index contributed by atoms with van der Waals surface area (Å²) in [6, 6.07) is 8.20. The maximum absolute atomic E-state index is 10.6. The summed E-state index contributed by atoms with van der Waals surface area (Å²) >= 11 is 0. The van der Waals surface area contributed by atoms with Gasteiger partial charge >= 0.3 is 0 Å². The predicted octanol–water partition coefficient (Wildman–Crippen LogP) is 3.00. The van der Waals surface area contributed by atoms with Gasteiger partial charge in [-0.05, 0) is 43.2 Å². The zero-order valence-electron chi connectivity index (χ0n) is 8.96. The van der Waals surface area contributed by atoms with E-state index >= 15 is 0 Å². The van der Waals surface area contributed by atoms with E-state index in [4.69, 9.17) is 0 Å². The van der Waals surface area contributed by atoms with Gasteiger partial charge in [0.2, 0.25) is 0 Å². The summed E-state index contributed by atoms with van der Waals surface area (Å²) in [4.78, 5) is 0. The van der Waals surface area contributed by atoms with Crippen molar-refractivity contribution in [3.63, 3.8) is 0 Å². The third kappa shape index (κ3) is 1.36. The third-order valence-electron chi connectivity index (χ3n) is 3.62. The molecule has 0 saturated heterocycles. The number of rotatable bonds is 1. The predicted molar refractivity (Wildman–Crippen MR) is 58.1 cm³/mol. The first-order valence-corrected chi connectivity index (χ1v) is 5.43. The van der Waals surface area contributed by atoms with Crippen molar-refractivity contribution in [3.8, 4) is 0 Å². The van der Waals surface area contributed by atoms with E-state index in [9.17, 15) is 5.11 Å². The van der Waals surface area contributed by atoms with Gasteiger partial charge in [-0.15, -0.1) is 0 Å². The maximum Gasteiger partial charge on any atom is 0.0924 e. The van der Waals surface area contributed by atoms with Crippen molar-refractivity contribution < 1.29 is 5.11 Å². The van der Waals surface area contributed by atoms with Gasteiger partial charge in [0.05, 0.1) is 5.60 Å². The first-order valence-electron chi connectivity index (χ1n) is 5.43. The molecule has 1 aliphatic carbocycles. The quantitative estimate of drug-likeness (QED) is 0.721. The Morgan fingerprint density at radius 3 is 2.64 bits per heavy atom. The molecule has 1 nitrogen and oxygen atoms in total. The number of benzene rings is 1. The lowest BCUT2D eigenvalue weighted by Crippen LogP contribution is -2.29. The van der Waals surface area contributed by atoms with E-state index in [-0.39, 0.29) is 0 Å². The molecule has 0 unspecified atom stereocenters. The number of aliphatic hydroxyl groups is 1. The monoisotopic (exact) mass is 190 g/mol. The molecule has 1 heteroatoms. The van der Waals surface area contributed by atoms with E-state index in [1.807, 2.05) is 12.1 Å². The average Bonchev–Trinajstić information content (AvgIpc) is 2.49. The van der Waals surface area contributed by atoms with Crippen molar-refractivity contribution in [2.24, 2.45) is 5.92 Å². The molecular weight excluding hydrogens is 172 g/mol. The van der Waals surface area contributed by atoms with Crippen molar-refractivity contribution in [3.05, 3.63) is 35.4 Å². The standard InChI is InChI=1S/C13H18O/c1-10-6-3-4-8-12(10)13(14)9-5-7-11(13)2/h3-4,6,8,11,14H,5,7,9H2,1-2H3/t11-,13+/m0/s1. The second-order valence-corrected chi connectivity index (χ2v) is 4.53. The van der Waals surface area contributed by atoms with Crippen LogP contribution < -0.4 is 0 Å². The van der Waals surface area contributed by atoms with Crippen LogP contribution in [0.4, 0.5) is 0 Å². The zero-order valence-corrected chi connectivity index (χ0v) is 8.96. The van der Waals surface area contributed by atoms with Crippen LogP contribution in [0.3, 0.4) is 0 Å². The topological polar surface area (TPSA) is 20.2 Å². The van der Waals surface area contributed by atoms with Crippen LogP contribution in [-0.2, 0) is 5.60 Å². The van der Waals surface area contributed by atoms with Crippen molar-refractivity contribution in [1.29, 1.82) is 0 Å². The SMILES string of the molecule is Cc1ccccc1[C@@]1(O)CCC[C@@H]1C. The lowest BCUT2D eigenvalue weighted by molar-refractivity contribution is 0.00391. The highest BCUT2D eigenvalue weighted by atomic mass is 16.3. The highest BCUT2D eigenvalue weighted by molar-refractivity contribution is 5.32. The van der Waals surface area contributed by atoms with Crippen molar-refractivity contribution >= 4 is 0 Å². The normalized spacial score (nSPS) is 32.1. The Bertz CT molecular complexity index is 332. The highest BCUT2D eigenvalue weighted by Gasteiger charge is 2.40. The van der Waals surface area contributed by atoms with Gasteiger partial charge in [0.15, 0.2) is 0 Å². The molecule has 2 rings (SSSR count). The van der Waals surface area contributed by atoms with Gasteiger partial charge in [0.1, 0.15) is 0 Å². The Balaban J connectivity index is 2.43. The minimum atomic E-state index is -0.564. The van der Waals surface area contributed by atoms with Crippen LogP contribution in [0.1, 0.15) is 37.3 Å². The van der Waals surface area contributed by atoms with Gasteiger partial charge in [-0.25, -0.2) is 0 Å². The highest BCUT2D eigenvalue weighted by Crippen LogP contribution is 2.44. The lowest BCUT2D eigenvalue weighted by atomic mass is 9.83. The van der Waals surface area contributed by atoms with Gasteiger partial charge in [-0.3, -0.25) is 0 Å². The molecule has 1 fully saturated rings. The fraction of sp³-hybridized carbons (Fsp3) is 0.538. The van der Waals surface area contributed by atoms with Crippen molar-refractivity contribution in [2.45, 2.75) is 38.7 Å². The van der Waals surface area contributed by atoms with Crippen LogP contribution in [0.25, 0.3) is 0 Å². The van der Waals surface area contributed by atoms with Gasteiger partial charge in [-0.2, -0.15) is 0 Å². The van der Waals surface area contributed by atoms with Crippen molar-refractivity contribution in [1.82, 2.24) is 0 Å². The van der Waals surface area contributed by atoms with Crippen LogP contribution in [-0.4, -0.2) is 5.11 Å². The van der Waals surface area contributed by atoms with E-state index in [1.54, 1.807) is 0 Å². The summed E-state index contributed by atoms with van der Waals surface area (Å²) in [5, 5.41) is 10.6. The molecule has 0 amide bonds. The van der Waals surface area contributed by atoms with E-state index in [0.29, 0.717) is 5.92 Å². The van der Waals surface area contributed by atoms with E-state index in [0.717, 1.165) is 24.8 Å². The molecule has 0 radical (unpaired) electrons. The van der Waals surface area contributed by atoms with Crippen LogP contribution >= 0.6 is 0 Å². The first kappa shape index (κ1) is 9.72. The van der Waals surface area contributed by atoms with E-state index in [2.05, 4.69) is 26.0 Å². The lowest BCUT2D eigenvalue weighted by Gasteiger charge is -2.29. The zero-order chi connectivity index (χ0) is 10.2. The molecule has 1 aliphatic rings. The summed E-state index contributed by atoms with van der Waals surface area (Å²) in [6.45, 7) is 4.23. The van der Waals surface area contributed by atoms with E-state index in [1.165, 1.54) is 5.56 Å². The summed E-state index contributed by atoms with van der Waals surface area (Å²) in [6.07, 6.45) is 3.20. The molecule has 2 atom stereocenters. The Morgan fingerprint density at radius 2 is 2.07 bits per heavy atom. The molecule has 1 aromatic carbocycles. The molecule has 0 heterocycles. The summed E-state index contributed by atoms with van der Waals surface area (Å²) in [5.41, 5.74) is 1.78. The Morgan fingerprint density at radius 1 is 1.36 bits per heavy atom. The molecule has 0 aromatic heterocycles. The molecule has 1 saturated carbocycles. The molecule has 0 aliphatic heterocycles. The smallest absolute Gasteiger partial charge is 0.0924 e.